The van der Waals surface area contributed by atoms with Gasteiger partial charge in [0.2, 0.25) is 0 Å². The van der Waals surface area contributed by atoms with Gasteiger partial charge in [-0.1, -0.05) is 12.1 Å². The summed E-state index contributed by atoms with van der Waals surface area (Å²) >= 11 is 0. The maximum Gasteiger partial charge on any atom is 0.100 e. The Hall–Kier alpha value is -2.92. The molecule has 1 fully saturated rings. The lowest BCUT2D eigenvalue weighted by atomic mass is 10.0. The maximum atomic E-state index is 5.71. The van der Waals surface area contributed by atoms with E-state index in [1.54, 1.807) is 13.3 Å². The lowest BCUT2D eigenvalue weighted by molar-refractivity contribution is 0.0847. The molecule has 1 aliphatic carbocycles. The number of aromatic nitrogens is 4. The number of ether oxygens (including phenoxy) is 1. The Kier molecular flexibility index (Phi) is 3.60. The second-order valence-corrected chi connectivity index (χ2v) is 6.83. The number of methoxy groups -OCH3 is 1. The second-order valence-electron chi connectivity index (χ2n) is 6.83. The van der Waals surface area contributed by atoms with Crippen LogP contribution in [0.25, 0.3) is 22.4 Å². The van der Waals surface area contributed by atoms with E-state index in [1.165, 1.54) is 18.4 Å². The van der Waals surface area contributed by atoms with Crippen LogP contribution in [-0.4, -0.2) is 26.4 Å². The molecule has 1 unspecified atom stereocenters. The summed E-state index contributed by atoms with van der Waals surface area (Å²) in [5, 5.41) is 4.31. The van der Waals surface area contributed by atoms with Gasteiger partial charge < -0.3 is 4.74 Å². The molecule has 1 aliphatic rings. The Balaban J connectivity index is 1.55. The zero-order valence-corrected chi connectivity index (χ0v) is 14.6. The van der Waals surface area contributed by atoms with Crippen LogP contribution in [0.15, 0.2) is 67.3 Å². The normalized spacial score (nSPS) is 15.4. The third-order valence-corrected chi connectivity index (χ3v) is 5.08. The van der Waals surface area contributed by atoms with Gasteiger partial charge in [0.15, 0.2) is 0 Å². The van der Waals surface area contributed by atoms with Crippen molar-refractivity contribution in [2.45, 2.75) is 18.9 Å². The SMILES string of the molecule is COC(c1ccc2c(c1)ncn2-c1cccc(-n2cccn2)c1)C1CC1. The predicted octanol–water partition coefficient (Wildman–Crippen LogP) is 4.31. The van der Waals surface area contributed by atoms with Crippen LogP contribution in [0.1, 0.15) is 24.5 Å². The third kappa shape index (κ3) is 2.61. The topological polar surface area (TPSA) is 44.9 Å². The maximum absolute atomic E-state index is 5.71. The molecule has 0 amide bonds. The van der Waals surface area contributed by atoms with E-state index in [-0.39, 0.29) is 6.10 Å². The molecular weight excluding hydrogens is 324 g/mol. The zero-order chi connectivity index (χ0) is 17.5. The molecule has 1 saturated carbocycles. The molecule has 0 radical (unpaired) electrons. The van der Waals surface area contributed by atoms with Crippen molar-refractivity contribution >= 4 is 11.0 Å². The molecule has 2 aromatic heterocycles. The van der Waals surface area contributed by atoms with E-state index in [1.807, 2.05) is 35.4 Å². The van der Waals surface area contributed by atoms with Crippen LogP contribution >= 0.6 is 0 Å². The van der Waals surface area contributed by atoms with Gasteiger partial charge in [-0.25, -0.2) is 9.67 Å². The minimum Gasteiger partial charge on any atom is -0.376 e. The fourth-order valence-corrected chi connectivity index (χ4v) is 3.62. The molecule has 0 bridgehead atoms. The highest BCUT2D eigenvalue weighted by Gasteiger charge is 2.32. The monoisotopic (exact) mass is 344 g/mol. The van der Waals surface area contributed by atoms with E-state index in [0.29, 0.717) is 5.92 Å². The summed E-state index contributed by atoms with van der Waals surface area (Å²) in [5.74, 6) is 0.658. The first-order valence-corrected chi connectivity index (χ1v) is 8.94. The highest BCUT2D eigenvalue weighted by molar-refractivity contribution is 5.78. The van der Waals surface area contributed by atoms with E-state index in [2.05, 4.69) is 45.0 Å². The van der Waals surface area contributed by atoms with Gasteiger partial charge in [-0.2, -0.15) is 5.10 Å². The fourth-order valence-electron chi connectivity index (χ4n) is 3.62. The van der Waals surface area contributed by atoms with Gasteiger partial charge in [0.25, 0.3) is 0 Å². The molecule has 130 valence electrons. The van der Waals surface area contributed by atoms with Gasteiger partial charge in [-0.05, 0) is 60.7 Å². The predicted molar refractivity (Wildman–Crippen MR) is 101 cm³/mol. The zero-order valence-electron chi connectivity index (χ0n) is 14.6. The number of fused-ring (bicyclic) bond motifs is 1. The van der Waals surface area contributed by atoms with Crippen LogP contribution < -0.4 is 0 Å². The highest BCUT2D eigenvalue weighted by atomic mass is 16.5. The number of nitrogens with zero attached hydrogens (tertiary/aromatic N) is 4. The van der Waals surface area contributed by atoms with Crippen LogP contribution in [0.4, 0.5) is 0 Å². The van der Waals surface area contributed by atoms with Crippen molar-refractivity contribution in [1.82, 2.24) is 19.3 Å². The second kappa shape index (κ2) is 6.11. The quantitative estimate of drug-likeness (QED) is 0.542. The lowest BCUT2D eigenvalue weighted by Gasteiger charge is -2.15. The standard InChI is InChI=1S/C21H20N4O/c1-26-21(15-6-7-15)16-8-9-20-19(12-16)22-14-24(20)17-4-2-5-18(13-17)25-11-3-10-23-25/h2-5,8-15,21H,6-7H2,1H3. The van der Waals surface area contributed by atoms with E-state index >= 15 is 0 Å². The molecule has 2 aromatic carbocycles. The van der Waals surface area contributed by atoms with Gasteiger partial charge >= 0.3 is 0 Å². The Morgan fingerprint density at radius 3 is 2.73 bits per heavy atom. The number of hydrogen-bond acceptors (Lipinski definition) is 3. The first-order chi connectivity index (χ1) is 12.8. The Bertz CT molecular complexity index is 1050. The van der Waals surface area contributed by atoms with E-state index in [9.17, 15) is 0 Å². The van der Waals surface area contributed by atoms with Crippen molar-refractivity contribution in [3.63, 3.8) is 0 Å². The number of benzene rings is 2. The van der Waals surface area contributed by atoms with Crippen molar-refractivity contribution in [3.05, 3.63) is 72.8 Å². The molecule has 26 heavy (non-hydrogen) atoms. The van der Waals surface area contributed by atoms with Gasteiger partial charge in [0, 0.05) is 25.2 Å². The molecule has 0 saturated heterocycles. The molecule has 4 aromatic rings. The summed E-state index contributed by atoms with van der Waals surface area (Å²) in [6.07, 6.45) is 8.31. The Morgan fingerprint density at radius 1 is 1.08 bits per heavy atom. The fraction of sp³-hybridized carbons (Fsp3) is 0.238. The lowest BCUT2D eigenvalue weighted by Crippen LogP contribution is -2.03. The Labute approximate surface area is 151 Å². The van der Waals surface area contributed by atoms with Crippen LogP contribution in [-0.2, 0) is 4.74 Å². The van der Waals surface area contributed by atoms with Crippen molar-refractivity contribution in [1.29, 1.82) is 0 Å². The first-order valence-electron chi connectivity index (χ1n) is 8.94. The minimum atomic E-state index is 0.188. The molecule has 5 heteroatoms. The molecule has 2 heterocycles. The van der Waals surface area contributed by atoms with Crippen LogP contribution in [0, 0.1) is 5.92 Å². The number of rotatable bonds is 5. The van der Waals surface area contributed by atoms with Crippen molar-refractivity contribution in [2.24, 2.45) is 5.92 Å². The summed E-state index contributed by atoms with van der Waals surface area (Å²) in [6, 6.07) is 16.7. The molecule has 0 spiro atoms. The van der Waals surface area contributed by atoms with Gasteiger partial charge in [-0.15, -0.1) is 0 Å². The average Bonchev–Trinajstić information content (AvgIpc) is 3.20. The third-order valence-electron chi connectivity index (χ3n) is 5.08. The number of hydrogen-bond donors (Lipinski definition) is 0. The molecule has 5 rings (SSSR count). The van der Waals surface area contributed by atoms with Crippen LogP contribution in [0.2, 0.25) is 0 Å². The van der Waals surface area contributed by atoms with E-state index in [0.717, 1.165) is 22.4 Å². The van der Waals surface area contributed by atoms with Gasteiger partial charge in [0.05, 0.1) is 22.8 Å². The molecule has 5 nitrogen and oxygen atoms in total. The van der Waals surface area contributed by atoms with Gasteiger partial charge in [0.1, 0.15) is 6.33 Å². The minimum absolute atomic E-state index is 0.188. The molecule has 0 N–H and O–H groups in total. The molecular formula is C21H20N4O. The largest absolute Gasteiger partial charge is 0.376 e. The van der Waals surface area contributed by atoms with Gasteiger partial charge in [-0.3, -0.25) is 4.57 Å². The average molecular weight is 344 g/mol. The van der Waals surface area contributed by atoms with E-state index in [4.69, 9.17) is 4.74 Å². The summed E-state index contributed by atoms with van der Waals surface area (Å²) in [4.78, 5) is 4.63. The summed E-state index contributed by atoms with van der Waals surface area (Å²) in [6.45, 7) is 0. The summed E-state index contributed by atoms with van der Waals surface area (Å²) in [7, 11) is 1.80. The van der Waals surface area contributed by atoms with Crippen LogP contribution in [0.5, 0.6) is 0 Å². The number of imidazole rings is 1. The van der Waals surface area contributed by atoms with Crippen molar-refractivity contribution < 1.29 is 4.74 Å². The summed E-state index contributed by atoms with van der Waals surface area (Å²) < 4.78 is 9.69. The smallest absolute Gasteiger partial charge is 0.100 e. The first kappa shape index (κ1) is 15.3. The Morgan fingerprint density at radius 2 is 1.96 bits per heavy atom. The van der Waals surface area contributed by atoms with Crippen LogP contribution in [0.3, 0.4) is 0 Å². The van der Waals surface area contributed by atoms with Crippen molar-refractivity contribution in [2.75, 3.05) is 7.11 Å². The highest BCUT2D eigenvalue weighted by Crippen LogP contribution is 2.43. The van der Waals surface area contributed by atoms with E-state index < -0.39 is 0 Å². The molecule has 0 aliphatic heterocycles. The van der Waals surface area contributed by atoms with Crippen molar-refractivity contribution in [3.8, 4) is 11.4 Å². The molecule has 1 atom stereocenters. The summed E-state index contributed by atoms with van der Waals surface area (Å²) in [5.41, 5.74) is 5.41.